The van der Waals surface area contributed by atoms with Crippen LogP contribution >= 0.6 is 15.9 Å². The van der Waals surface area contributed by atoms with Crippen LogP contribution in [0.3, 0.4) is 0 Å². The summed E-state index contributed by atoms with van der Waals surface area (Å²) >= 11 is 3.26. The topological polar surface area (TPSA) is 29.1 Å². The van der Waals surface area contributed by atoms with Crippen molar-refractivity contribution >= 4 is 21.8 Å². The van der Waals surface area contributed by atoms with Gasteiger partial charge in [-0.25, -0.2) is 4.39 Å². The van der Waals surface area contributed by atoms with Crippen molar-refractivity contribution in [2.24, 2.45) is 0 Å². The quantitative estimate of drug-likeness (QED) is 0.655. The number of carbonyl (C=O) groups excluding carboxylic acids is 1. The van der Waals surface area contributed by atoms with Gasteiger partial charge in [0.2, 0.25) is 0 Å². The molecule has 0 radical (unpaired) electrons. The van der Waals surface area contributed by atoms with Crippen molar-refractivity contribution in [3.05, 3.63) is 35.1 Å². The van der Waals surface area contributed by atoms with Crippen molar-refractivity contribution in [2.75, 3.05) is 6.54 Å². The molecule has 19 heavy (non-hydrogen) atoms. The van der Waals surface area contributed by atoms with E-state index in [1.807, 2.05) is 6.92 Å². The van der Waals surface area contributed by atoms with E-state index in [4.69, 9.17) is 0 Å². The maximum absolute atomic E-state index is 13.4. The fraction of sp³-hybridized carbons (Fsp3) is 0.417. The zero-order valence-corrected chi connectivity index (χ0v) is 11.6. The van der Waals surface area contributed by atoms with Crippen LogP contribution in [0.5, 0.6) is 0 Å². The average molecular weight is 342 g/mol. The van der Waals surface area contributed by atoms with Gasteiger partial charge in [0.05, 0.1) is 11.1 Å². The number of rotatable bonds is 4. The summed E-state index contributed by atoms with van der Waals surface area (Å²) in [6.45, 7) is 2.11. The van der Waals surface area contributed by atoms with Crippen LogP contribution in [0, 0.1) is 5.82 Å². The molecule has 1 N–H and O–H groups in total. The van der Waals surface area contributed by atoms with Gasteiger partial charge >= 0.3 is 6.18 Å². The van der Waals surface area contributed by atoms with E-state index < -0.39 is 29.0 Å². The van der Waals surface area contributed by atoms with Gasteiger partial charge in [-0.05, 0) is 24.6 Å². The van der Waals surface area contributed by atoms with Crippen molar-refractivity contribution < 1.29 is 22.4 Å². The third-order valence-corrected chi connectivity index (χ3v) is 2.82. The number of amides is 1. The Bertz CT molecular complexity index is 460. The van der Waals surface area contributed by atoms with Gasteiger partial charge in [-0.3, -0.25) is 4.79 Å². The Kier molecular flexibility index (Phi) is 5.34. The summed E-state index contributed by atoms with van der Waals surface area (Å²) in [7, 11) is 0. The molecular weight excluding hydrogens is 330 g/mol. The van der Waals surface area contributed by atoms with Crippen LogP contribution in [-0.4, -0.2) is 17.3 Å². The molecule has 0 aliphatic carbocycles. The first kappa shape index (κ1) is 15.9. The van der Waals surface area contributed by atoms with Crippen LogP contribution in [0.1, 0.15) is 29.3 Å². The molecule has 0 aliphatic rings. The second kappa shape index (κ2) is 6.36. The number of benzene rings is 1. The minimum Gasteiger partial charge on any atom is -0.352 e. The van der Waals surface area contributed by atoms with Gasteiger partial charge in [-0.2, -0.15) is 13.2 Å². The molecule has 0 heterocycles. The predicted octanol–water partition coefficient (Wildman–Crippen LogP) is 3.75. The Labute approximate surface area is 116 Å². The lowest BCUT2D eigenvalue weighted by atomic mass is 10.1. The third-order valence-electron chi connectivity index (χ3n) is 2.37. The van der Waals surface area contributed by atoms with Crippen molar-refractivity contribution in [2.45, 2.75) is 24.3 Å². The predicted molar refractivity (Wildman–Crippen MR) is 66.7 cm³/mol. The Morgan fingerprint density at radius 1 is 1.42 bits per heavy atom. The number of halogens is 5. The normalized spacial score (nSPS) is 13.2. The molecule has 1 rings (SSSR count). The van der Waals surface area contributed by atoms with E-state index in [0.717, 1.165) is 0 Å². The monoisotopic (exact) mass is 341 g/mol. The lowest BCUT2D eigenvalue weighted by Gasteiger charge is -2.10. The Morgan fingerprint density at radius 2 is 2.05 bits per heavy atom. The molecule has 1 atom stereocenters. The lowest BCUT2D eigenvalue weighted by Crippen LogP contribution is -2.27. The summed E-state index contributed by atoms with van der Waals surface area (Å²) < 4.78 is 50.7. The van der Waals surface area contributed by atoms with Crippen molar-refractivity contribution in [3.63, 3.8) is 0 Å². The number of carbonyl (C=O) groups is 1. The van der Waals surface area contributed by atoms with E-state index in [9.17, 15) is 22.4 Å². The Morgan fingerprint density at radius 3 is 2.58 bits per heavy atom. The standard InChI is InChI=1S/C12H12BrF4NO/c1-7(13)4-5-18-11(19)9-6-8(12(15,16)17)2-3-10(9)14/h2-3,6-7H,4-5H2,1H3,(H,18,19). The van der Waals surface area contributed by atoms with Crippen LogP contribution in [-0.2, 0) is 6.18 Å². The van der Waals surface area contributed by atoms with Crippen LogP contribution in [0.25, 0.3) is 0 Å². The summed E-state index contributed by atoms with van der Waals surface area (Å²) in [6.07, 6.45) is -4.01. The molecule has 1 unspecified atom stereocenters. The fourth-order valence-corrected chi connectivity index (χ4v) is 1.58. The van der Waals surface area contributed by atoms with Crippen molar-refractivity contribution in [1.29, 1.82) is 0 Å². The van der Waals surface area contributed by atoms with E-state index in [-0.39, 0.29) is 11.4 Å². The second-order valence-corrected chi connectivity index (χ2v) is 5.58. The van der Waals surface area contributed by atoms with Gasteiger partial charge in [-0.15, -0.1) is 0 Å². The minimum absolute atomic E-state index is 0.152. The maximum atomic E-state index is 13.4. The molecule has 0 fully saturated rings. The minimum atomic E-state index is -4.60. The average Bonchev–Trinajstić information content (AvgIpc) is 2.27. The van der Waals surface area contributed by atoms with Gasteiger partial charge in [0, 0.05) is 11.4 Å². The first-order valence-corrected chi connectivity index (χ1v) is 6.42. The maximum Gasteiger partial charge on any atom is 0.416 e. The molecule has 2 nitrogen and oxygen atoms in total. The molecular formula is C12H12BrF4NO. The molecule has 0 saturated carbocycles. The molecule has 7 heteroatoms. The summed E-state index contributed by atoms with van der Waals surface area (Å²) in [4.78, 5) is 11.7. The zero-order chi connectivity index (χ0) is 14.6. The van der Waals surface area contributed by atoms with Gasteiger partial charge < -0.3 is 5.32 Å². The highest BCUT2D eigenvalue weighted by atomic mass is 79.9. The van der Waals surface area contributed by atoms with Gasteiger partial charge in [0.1, 0.15) is 5.82 Å². The largest absolute Gasteiger partial charge is 0.416 e. The number of nitrogens with one attached hydrogen (secondary N) is 1. The highest BCUT2D eigenvalue weighted by Gasteiger charge is 2.31. The molecule has 0 bridgehead atoms. The van der Waals surface area contributed by atoms with Crippen molar-refractivity contribution in [1.82, 2.24) is 5.32 Å². The van der Waals surface area contributed by atoms with Gasteiger partial charge in [-0.1, -0.05) is 22.9 Å². The molecule has 0 saturated heterocycles. The SMILES string of the molecule is CC(Br)CCNC(=O)c1cc(C(F)(F)F)ccc1F. The lowest BCUT2D eigenvalue weighted by molar-refractivity contribution is -0.137. The number of hydrogen-bond donors (Lipinski definition) is 1. The molecule has 1 amide bonds. The van der Waals surface area contributed by atoms with Gasteiger partial charge in [0.25, 0.3) is 5.91 Å². The summed E-state index contributed by atoms with van der Waals surface area (Å²) in [5, 5.41) is 2.37. The second-order valence-electron chi connectivity index (χ2n) is 4.02. The number of alkyl halides is 4. The highest BCUT2D eigenvalue weighted by Crippen LogP contribution is 2.30. The molecule has 0 spiro atoms. The highest BCUT2D eigenvalue weighted by molar-refractivity contribution is 9.09. The van der Waals surface area contributed by atoms with Gasteiger partial charge in [0.15, 0.2) is 0 Å². The van der Waals surface area contributed by atoms with E-state index in [1.54, 1.807) is 0 Å². The van der Waals surface area contributed by atoms with Crippen LogP contribution in [0.4, 0.5) is 17.6 Å². The first-order valence-electron chi connectivity index (χ1n) is 5.51. The van der Waals surface area contributed by atoms with Crippen molar-refractivity contribution in [3.8, 4) is 0 Å². The van der Waals surface area contributed by atoms with Crippen LogP contribution in [0.2, 0.25) is 0 Å². The van der Waals surface area contributed by atoms with E-state index >= 15 is 0 Å². The van der Waals surface area contributed by atoms with Crippen LogP contribution in [0.15, 0.2) is 18.2 Å². The van der Waals surface area contributed by atoms with E-state index in [0.29, 0.717) is 24.6 Å². The third kappa shape index (κ3) is 4.81. The summed E-state index contributed by atoms with van der Waals surface area (Å²) in [5.74, 6) is -1.82. The van der Waals surface area contributed by atoms with E-state index in [1.165, 1.54) is 0 Å². The molecule has 1 aromatic rings. The molecule has 0 aromatic heterocycles. The first-order chi connectivity index (χ1) is 8.71. The summed E-state index contributed by atoms with van der Waals surface area (Å²) in [6, 6.07) is 1.76. The Hall–Kier alpha value is -1.11. The van der Waals surface area contributed by atoms with Crippen LogP contribution < -0.4 is 5.32 Å². The van der Waals surface area contributed by atoms with E-state index in [2.05, 4.69) is 21.2 Å². The Balaban J connectivity index is 2.84. The molecule has 0 aliphatic heterocycles. The summed E-state index contributed by atoms with van der Waals surface area (Å²) in [5.41, 5.74) is -1.65. The molecule has 1 aromatic carbocycles. The zero-order valence-electron chi connectivity index (χ0n) is 10.0. The number of hydrogen-bond acceptors (Lipinski definition) is 1. The molecule has 106 valence electrons. The smallest absolute Gasteiger partial charge is 0.352 e. The fourth-order valence-electron chi connectivity index (χ4n) is 1.36.